The molecule has 2 aliphatic rings. The molecule has 0 spiro atoms. The number of nitrogens with one attached hydrogen (secondary N) is 1. The average molecular weight is 277 g/mol. The molecule has 0 unspecified atom stereocenters. The second kappa shape index (κ2) is 5.26. The Balaban J connectivity index is 1.75. The Labute approximate surface area is 117 Å². The van der Waals surface area contributed by atoms with Crippen LogP contribution >= 0.6 is 0 Å². The Morgan fingerprint density at radius 2 is 1.90 bits per heavy atom. The molecule has 0 atom stereocenters. The minimum atomic E-state index is -0.384. The largest absolute Gasteiger partial charge is 0.369 e. The van der Waals surface area contributed by atoms with Gasteiger partial charge in [0, 0.05) is 50.0 Å². The molecule has 7 heteroatoms. The third-order valence-corrected chi connectivity index (χ3v) is 4.02. The number of anilines is 2. The van der Waals surface area contributed by atoms with Crippen molar-refractivity contribution in [2.75, 3.05) is 36.5 Å². The molecule has 0 bridgehead atoms. The predicted molar refractivity (Wildman–Crippen MR) is 77.7 cm³/mol. The molecule has 1 aromatic carbocycles. The molecule has 0 radical (unpaired) electrons. The lowest BCUT2D eigenvalue weighted by molar-refractivity contribution is -0.384. The zero-order valence-corrected chi connectivity index (χ0v) is 11.3. The fourth-order valence-electron chi connectivity index (χ4n) is 2.75. The molecule has 7 nitrogen and oxygen atoms in total. The van der Waals surface area contributed by atoms with Crippen LogP contribution in [0.5, 0.6) is 0 Å². The molecular formula is C13H19N5O2. The van der Waals surface area contributed by atoms with Crippen LogP contribution in [0, 0.1) is 10.1 Å². The highest BCUT2D eigenvalue weighted by Crippen LogP contribution is 2.30. The number of benzene rings is 1. The number of hydrazine groups is 1. The third kappa shape index (κ3) is 2.68. The van der Waals surface area contributed by atoms with Gasteiger partial charge in [-0.1, -0.05) is 0 Å². The van der Waals surface area contributed by atoms with E-state index < -0.39 is 0 Å². The maximum Gasteiger partial charge on any atom is 0.273 e. The Kier molecular flexibility index (Phi) is 3.45. The SMILES string of the molecule is NNc1cc(N2CCN(C3CC3)CC2)cc([N+](=O)[O-])c1. The van der Waals surface area contributed by atoms with Gasteiger partial charge in [0.2, 0.25) is 0 Å². The van der Waals surface area contributed by atoms with Crippen molar-refractivity contribution in [3.8, 4) is 0 Å². The Hall–Kier alpha value is -1.86. The second-order valence-corrected chi connectivity index (χ2v) is 5.39. The van der Waals surface area contributed by atoms with Crippen molar-refractivity contribution in [2.24, 2.45) is 5.84 Å². The zero-order valence-electron chi connectivity index (χ0n) is 11.3. The number of nitrogen functional groups attached to an aromatic ring is 1. The maximum absolute atomic E-state index is 11.0. The summed E-state index contributed by atoms with van der Waals surface area (Å²) in [5.41, 5.74) is 4.00. The van der Waals surface area contributed by atoms with E-state index in [1.807, 2.05) is 6.07 Å². The third-order valence-electron chi connectivity index (χ3n) is 4.02. The monoisotopic (exact) mass is 277 g/mol. The van der Waals surface area contributed by atoms with Gasteiger partial charge in [-0.3, -0.25) is 20.9 Å². The van der Waals surface area contributed by atoms with E-state index in [4.69, 9.17) is 5.84 Å². The molecule has 1 aliphatic carbocycles. The van der Waals surface area contributed by atoms with Gasteiger partial charge in [0.05, 0.1) is 10.6 Å². The summed E-state index contributed by atoms with van der Waals surface area (Å²) in [5.74, 6) is 5.39. The average Bonchev–Trinajstić information content (AvgIpc) is 3.31. The number of nitro groups is 1. The van der Waals surface area contributed by atoms with Gasteiger partial charge in [-0.2, -0.15) is 0 Å². The Bertz CT molecular complexity index is 509. The van der Waals surface area contributed by atoms with Gasteiger partial charge in [-0.25, -0.2) is 0 Å². The summed E-state index contributed by atoms with van der Waals surface area (Å²) in [4.78, 5) is 15.3. The van der Waals surface area contributed by atoms with Gasteiger partial charge >= 0.3 is 0 Å². The van der Waals surface area contributed by atoms with E-state index in [1.54, 1.807) is 6.07 Å². The normalized spacial score (nSPS) is 19.9. The summed E-state index contributed by atoms with van der Waals surface area (Å²) >= 11 is 0. The minimum absolute atomic E-state index is 0.0695. The first-order valence-electron chi connectivity index (χ1n) is 6.92. The van der Waals surface area contributed by atoms with Crippen LogP contribution in [-0.2, 0) is 0 Å². The van der Waals surface area contributed by atoms with Crippen LogP contribution < -0.4 is 16.2 Å². The standard InChI is InChI=1S/C13H19N5O2/c14-15-10-7-12(9-13(8-10)18(19)20)17-5-3-16(4-6-17)11-1-2-11/h7-9,11,15H,1-6,14H2. The van der Waals surface area contributed by atoms with Crippen molar-refractivity contribution in [2.45, 2.75) is 18.9 Å². The maximum atomic E-state index is 11.0. The van der Waals surface area contributed by atoms with E-state index in [0.717, 1.165) is 37.9 Å². The summed E-state index contributed by atoms with van der Waals surface area (Å²) in [7, 11) is 0. The number of hydrogen-bond acceptors (Lipinski definition) is 6. The molecule has 1 aliphatic heterocycles. The number of piperazine rings is 1. The molecule has 3 rings (SSSR count). The number of rotatable bonds is 4. The summed E-state index contributed by atoms with van der Waals surface area (Å²) in [6, 6.07) is 5.71. The lowest BCUT2D eigenvalue weighted by Gasteiger charge is -2.36. The molecule has 1 saturated heterocycles. The molecule has 1 aromatic rings. The second-order valence-electron chi connectivity index (χ2n) is 5.39. The van der Waals surface area contributed by atoms with Crippen LogP contribution in [0.1, 0.15) is 12.8 Å². The van der Waals surface area contributed by atoms with E-state index in [-0.39, 0.29) is 10.6 Å². The number of nitrogens with two attached hydrogens (primary N) is 1. The molecule has 3 N–H and O–H groups in total. The predicted octanol–water partition coefficient (Wildman–Crippen LogP) is 1.16. The molecule has 108 valence electrons. The van der Waals surface area contributed by atoms with Crippen molar-refractivity contribution >= 4 is 17.1 Å². The lowest BCUT2D eigenvalue weighted by Crippen LogP contribution is -2.47. The first kappa shape index (κ1) is 13.1. The molecule has 1 saturated carbocycles. The molecule has 20 heavy (non-hydrogen) atoms. The van der Waals surface area contributed by atoms with Gasteiger partial charge in [0.25, 0.3) is 5.69 Å². The van der Waals surface area contributed by atoms with Crippen LogP contribution in [0.15, 0.2) is 18.2 Å². The fraction of sp³-hybridized carbons (Fsp3) is 0.538. The number of nitro benzene ring substituents is 1. The van der Waals surface area contributed by atoms with Crippen molar-refractivity contribution < 1.29 is 4.92 Å². The van der Waals surface area contributed by atoms with Crippen LogP contribution in [0.2, 0.25) is 0 Å². The van der Waals surface area contributed by atoms with Crippen LogP contribution in [-0.4, -0.2) is 42.0 Å². The van der Waals surface area contributed by atoms with E-state index in [9.17, 15) is 10.1 Å². The number of hydrogen-bond donors (Lipinski definition) is 2. The van der Waals surface area contributed by atoms with E-state index in [1.165, 1.54) is 18.9 Å². The van der Waals surface area contributed by atoms with Crippen molar-refractivity contribution in [3.05, 3.63) is 28.3 Å². The summed E-state index contributed by atoms with van der Waals surface area (Å²) in [6.07, 6.45) is 2.64. The Morgan fingerprint density at radius 1 is 1.20 bits per heavy atom. The van der Waals surface area contributed by atoms with Crippen molar-refractivity contribution in [1.82, 2.24) is 4.90 Å². The smallest absolute Gasteiger partial charge is 0.273 e. The minimum Gasteiger partial charge on any atom is -0.369 e. The highest BCUT2D eigenvalue weighted by Gasteiger charge is 2.31. The zero-order chi connectivity index (χ0) is 14.1. The van der Waals surface area contributed by atoms with Gasteiger partial charge in [-0.05, 0) is 18.9 Å². The highest BCUT2D eigenvalue weighted by molar-refractivity contribution is 5.64. The summed E-state index contributed by atoms with van der Waals surface area (Å²) in [6.45, 7) is 3.86. The fourth-order valence-corrected chi connectivity index (χ4v) is 2.75. The highest BCUT2D eigenvalue weighted by atomic mass is 16.6. The van der Waals surface area contributed by atoms with E-state index >= 15 is 0 Å². The topological polar surface area (TPSA) is 87.7 Å². The molecule has 2 fully saturated rings. The number of nitrogens with zero attached hydrogens (tertiary/aromatic N) is 3. The summed E-state index contributed by atoms with van der Waals surface area (Å²) in [5, 5.41) is 11.0. The summed E-state index contributed by atoms with van der Waals surface area (Å²) < 4.78 is 0. The quantitative estimate of drug-likeness (QED) is 0.488. The van der Waals surface area contributed by atoms with Crippen molar-refractivity contribution in [3.63, 3.8) is 0 Å². The lowest BCUT2D eigenvalue weighted by atomic mass is 10.2. The van der Waals surface area contributed by atoms with E-state index in [0.29, 0.717) is 5.69 Å². The van der Waals surface area contributed by atoms with Crippen LogP contribution in [0.4, 0.5) is 17.1 Å². The molecule has 0 aromatic heterocycles. The van der Waals surface area contributed by atoms with Crippen LogP contribution in [0.3, 0.4) is 0 Å². The molecular weight excluding hydrogens is 258 g/mol. The molecule has 1 heterocycles. The van der Waals surface area contributed by atoms with Crippen LogP contribution in [0.25, 0.3) is 0 Å². The Morgan fingerprint density at radius 3 is 2.45 bits per heavy atom. The molecule has 0 amide bonds. The number of non-ortho nitro benzene ring substituents is 1. The first-order chi connectivity index (χ1) is 9.67. The van der Waals surface area contributed by atoms with Gasteiger partial charge in [0.15, 0.2) is 0 Å². The van der Waals surface area contributed by atoms with Gasteiger partial charge in [0.1, 0.15) is 0 Å². The van der Waals surface area contributed by atoms with Gasteiger partial charge in [-0.15, -0.1) is 0 Å². The van der Waals surface area contributed by atoms with Gasteiger partial charge < -0.3 is 10.3 Å². The first-order valence-corrected chi connectivity index (χ1v) is 6.92. The van der Waals surface area contributed by atoms with Crippen molar-refractivity contribution in [1.29, 1.82) is 0 Å². The van der Waals surface area contributed by atoms with E-state index in [2.05, 4.69) is 15.2 Å².